The SMILES string of the molecule is CC1COC2=C1CSS2. The van der Waals surface area contributed by atoms with E-state index in [1.807, 2.05) is 10.8 Å². The molecule has 0 fully saturated rings. The average molecular weight is 160 g/mol. The summed E-state index contributed by atoms with van der Waals surface area (Å²) in [5, 5.41) is 1.20. The topological polar surface area (TPSA) is 9.23 Å². The first-order valence-electron chi connectivity index (χ1n) is 3.03. The van der Waals surface area contributed by atoms with Crippen molar-refractivity contribution in [3.63, 3.8) is 0 Å². The zero-order valence-corrected chi connectivity index (χ0v) is 6.85. The van der Waals surface area contributed by atoms with Crippen LogP contribution in [0.4, 0.5) is 0 Å². The van der Waals surface area contributed by atoms with E-state index >= 15 is 0 Å². The fraction of sp³-hybridized carbons (Fsp3) is 0.667. The van der Waals surface area contributed by atoms with Crippen molar-refractivity contribution in [3.05, 3.63) is 10.7 Å². The summed E-state index contributed by atoms with van der Waals surface area (Å²) in [7, 11) is 3.68. The second kappa shape index (κ2) is 2.13. The van der Waals surface area contributed by atoms with Gasteiger partial charge < -0.3 is 4.74 Å². The Labute approximate surface area is 62.6 Å². The van der Waals surface area contributed by atoms with Crippen molar-refractivity contribution in [2.75, 3.05) is 12.4 Å². The van der Waals surface area contributed by atoms with Gasteiger partial charge in [0.15, 0.2) is 5.09 Å². The summed E-state index contributed by atoms with van der Waals surface area (Å²) in [5.74, 6) is 1.86. The van der Waals surface area contributed by atoms with Crippen LogP contribution in [-0.2, 0) is 4.74 Å². The first kappa shape index (κ1) is 5.98. The Hall–Kier alpha value is 0.240. The van der Waals surface area contributed by atoms with Gasteiger partial charge in [0, 0.05) is 11.7 Å². The van der Waals surface area contributed by atoms with E-state index in [0.717, 1.165) is 6.61 Å². The first-order chi connectivity index (χ1) is 4.38. The minimum Gasteiger partial charge on any atom is -0.486 e. The number of hydrogen-bond donors (Lipinski definition) is 0. The minimum absolute atomic E-state index is 0.683. The molecule has 50 valence electrons. The first-order valence-corrected chi connectivity index (χ1v) is 5.35. The fourth-order valence-corrected chi connectivity index (χ4v) is 3.66. The van der Waals surface area contributed by atoms with Crippen LogP contribution in [0.2, 0.25) is 0 Å². The van der Waals surface area contributed by atoms with Crippen LogP contribution in [0.25, 0.3) is 0 Å². The standard InChI is InChI=1S/C6H8OS2/c1-4-2-7-6-5(4)3-8-9-6/h4H,2-3H2,1H3. The van der Waals surface area contributed by atoms with Crippen molar-refractivity contribution in [2.45, 2.75) is 6.92 Å². The molecule has 3 heteroatoms. The second-order valence-corrected chi connectivity index (χ2v) is 4.64. The predicted octanol–water partition coefficient (Wildman–Crippen LogP) is 2.26. The Morgan fingerprint density at radius 1 is 1.67 bits per heavy atom. The molecule has 0 saturated heterocycles. The molecule has 0 N–H and O–H groups in total. The molecule has 2 heterocycles. The molecular weight excluding hydrogens is 152 g/mol. The van der Waals surface area contributed by atoms with Crippen LogP contribution in [0.1, 0.15) is 6.92 Å². The third-order valence-corrected chi connectivity index (χ3v) is 3.91. The Morgan fingerprint density at radius 3 is 3.33 bits per heavy atom. The zero-order chi connectivity index (χ0) is 6.27. The quantitative estimate of drug-likeness (QED) is 0.503. The molecule has 2 rings (SSSR count). The highest BCUT2D eigenvalue weighted by Crippen LogP contribution is 2.47. The van der Waals surface area contributed by atoms with Gasteiger partial charge in [-0.3, -0.25) is 0 Å². The van der Waals surface area contributed by atoms with E-state index < -0.39 is 0 Å². The molecule has 0 bridgehead atoms. The van der Waals surface area contributed by atoms with E-state index in [4.69, 9.17) is 4.74 Å². The van der Waals surface area contributed by atoms with Gasteiger partial charge in [-0.25, -0.2) is 0 Å². The van der Waals surface area contributed by atoms with Crippen LogP contribution in [0.15, 0.2) is 10.7 Å². The van der Waals surface area contributed by atoms with Crippen LogP contribution >= 0.6 is 21.6 Å². The molecule has 0 radical (unpaired) electrons. The lowest BCUT2D eigenvalue weighted by atomic mass is 10.1. The van der Waals surface area contributed by atoms with Crippen molar-refractivity contribution in [3.8, 4) is 0 Å². The summed E-state index contributed by atoms with van der Waals surface area (Å²) in [6.07, 6.45) is 0. The van der Waals surface area contributed by atoms with E-state index in [1.54, 1.807) is 10.8 Å². The Morgan fingerprint density at radius 2 is 2.56 bits per heavy atom. The minimum atomic E-state index is 0.683. The molecular formula is C6H8OS2. The lowest BCUT2D eigenvalue weighted by Crippen LogP contribution is -1.98. The third kappa shape index (κ3) is 0.867. The van der Waals surface area contributed by atoms with E-state index in [0.29, 0.717) is 5.92 Å². The summed E-state index contributed by atoms with van der Waals surface area (Å²) in [5.41, 5.74) is 1.53. The van der Waals surface area contributed by atoms with E-state index in [1.165, 1.54) is 16.4 Å². The van der Waals surface area contributed by atoms with Crippen LogP contribution in [0, 0.1) is 5.92 Å². The van der Waals surface area contributed by atoms with Gasteiger partial charge in [-0.2, -0.15) is 0 Å². The summed E-state index contributed by atoms with van der Waals surface area (Å²) < 4.78 is 5.41. The van der Waals surface area contributed by atoms with Crippen LogP contribution in [0.5, 0.6) is 0 Å². The molecule has 1 nitrogen and oxygen atoms in total. The molecule has 2 aliphatic heterocycles. The van der Waals surface area contributed by atoms with E-state index in [9.17, 15) is 0 Å². The molecule has 0 aromatic heterocycles. The molecule has 0 amide bonds. The van der Waals surface area contributed by atoms with Gasteiger partial charge in [0.25, 0.3) is 0 Å². The van der Waals surface area contributed by atoms with Crippen LogP contribution in [-0.4, -0.2) is 12.4 Å². The molecule has 0 spiro atoms. The lowest BCUT2D eigenvalue weighted by Gasteiger charge is -2.01. The highest BCUT2D eigenvalue weighted by atomic mass is 33.1. The van der Waals surface area contributed by atoms with Crippen molar-refractivity contribution in [1.82, 2.24) is 0 Å². The van der Waals surface area contributed by atoms with Gasteiger partial charge in [-0.05, 0) is 16.4 Å². The molecule has 1 unspecified atom stereocenters. The molecule has 1 atom stereocenters. The normalized spacial score (nSPS) is 32.8. The van der Waals surface area contributed by atoms with Crippen molar-refractivity contribution < 1.29 is 4.74 Å². The van der Waals surface area contributed by atoms with Gasteiger partial charge in [-0.15, -0.1) is 0 Å². The van der Waals surface area contributed by atoms with Crippen molar-refractivity contribution in [2.24, 2.45) is 5.92 Å². The Bertz CT molecular complexity index is 164. The summed E-state index contributed by atoms with van der Waals surface area (Å²) in [6, 6.07) is 0. The molecule has 0 aromatic rings. The van der Waals surface area contributed by atoms with Crippen LogP contribution in [0.3, 0.4) is 0 Å². The van der Waals surface area contributed by atoms with Crippen molar-refractivity contribution in [1.29, 1.82) is 0 Å². The largest absolute Gasteiger partial charge is 0.486 e. The monoisotopic (exact) mass is 160 g/mol. The molecule has 9 heavy (non-hydrogen) atoms. The maximum absolute atomic E-state index is 5.41. The molecule has 0 aliphatic carbocycles. The van der Waals surface area contributed by atoms with E-state index in [-0.39, 0.29) is 0 Å². The maximum atomic E-state index is 5.41. The highest BCUT2D eigenvalue weighted by molar-refractivity contribution is 8.78. The Kier molecular flexibility index (Phi) is 1.42. The summed E-state index contributed by atoms with van der Waals surface area (Å²) >= 11 is 0. The summed E-state index contributed by atoms with van der Waals surface area (Å²) in [4.78, 5) is 0. The maximum Gasteiger partial charge on any atom is 0.164 e. The zero-order valence-electron chi connectivity index (χ0n) is 5.22. The smallest absolute Gasteiger partial charge is 0.164 e. The van der Waals surface area contributed by atoms with Crippen molar-refractivity contribution >= 4 is 21.6 Å². The number of hydrogen-bond acceptors (Lipinski definition) is 3. The van der Waals surface area contributed by atoms with Gasteiger partial charge in [0.1, 0.15) is 0 Å². The third-order valence-electron chi connectivity index (χ3n) is 1.67. The average Bonchev–Trinajstić information content (AvgIpc) is 2.35. The second-order valence-electron chi connectivity index (χ2n) is 2.37. The molecule has 0 aromatic carbocycles. The van der Waals surface area contributed by atoms with Gasteiger partial charge in [0.05, 0.1) is 6.61 Å². The highest BCUT2D eigenvalue weighted by Gasteiger charge is 2.28. The Balaban J connectivity index is 2.24. The number of rotatable bonds is 0. The van der Waals surface area contributed by atoms with Crippen LogP contribution < -0.4 is 0 Å². The predicted molar refractivity (Wildman–Crippen MR) is 42.2 cm³/mol. The van der Waals surface area contributed by atoms with E-state index in [2.05, 4.69) is 6.92 Å². The van der Waals surface area contributed by atoms with Gasteiger partial charge >= 0.3 is 0 Å². The fourth-order valence-electron chi connectivity index (χ4n) is 1.02. The van der Waals surface area contributed by atoms with Gasteiger partial charge in [0.2, 0.25) is 0 Å². The van der Waals surface area contributed by atoms with Gasteiger partial charge in [-0.1, -0.05) is 17.7 Å². The lowest BCUT2D eigenvalue weighted by molar-refractivity contribution is 0.246. The number of ether oxygens (including phenoxy) is 1. The molecule has 2 aliphatic rings. The molecule has 0 saturated carbocycles. The summed E-state index contributed by atoms with van der Waals surface area (Å²) in [6.45, 7) is 3.15.